The van der Waals surface area contributed by atoms with Crippen molar-refractivity contribution in [2.75, 3.05) is 19.7 Å². The molecule has 2 unspecified atom stereocenters. The van der Waals surface area contributed by atoms with Gasteiger partial charge in [0.15, 0.2) is 0 Å². The number of hydrogen-bond acceptors (Lipinski definition) is 6. The number of morpholine rings is 1. The van der Waals surface area contributed by atoms with Gasteiger partial charge in [-0.3, -0.25) is 0 Å². The molecule has 0 aliphatic carbocycles. The lowest BCUT2D eigenvalue weighted by atomic mass is 10.0. The third kappa shape index (κ3) is 3.69. The summed E-state index contributed by atoms with van der Waals surface area (Å²) in [4.78, 5) is 0. The van der Waals surface area contributed by atoms with Gasteiger partial charge in [0.25, 0.3) is 5.88 Å². The van der Waals surface area contributed by atoms with Crippen LogP contribution in [0.3, 0.4) is 0 Å². The van der Waals surface area contributed by atoms with E-state index in [1.165, 1.54) is 0 Å². The van der Waals surface area contributed by atoms with Crippen LogP contribution in [0, 0.1) is 11.3 Å². The number of aryl methyl sites for hydroxylation is 1. The fourth-order valence-corrected chi connectivity index (χ4v) is 2.51. The highest BCUT2D eigenvalue weighted by Gasteiger charge is 2.21. The van der Waals surface area contributed by atoms with E-state index in [9.17, 15) is 5.26 Å². The molecule has 1 fully saturated rings. The molecule has 1 aliphatic rings. The number of hydrogen-bond donors (Lipinski definition) is 1. The lowest BCUT2D eigenvalue weighted by Crippen LogP contribution is -2.46. The molecular weight excluding hydrogens is 268 g/mol. The summed E-state index contributed by atoms with van der Waals surface area (Å²) in [6.45, 7) is 8.00. The van der Waals surface area contributed by atoms with Crippen LogP contribution in [-0.2, 0) is 17.6 Å². The van der Waals surface area contributed by atoms with Crippen LogP contribution in [0.1, 0.15) is 37.6 Å². The van der Waals surface area contributed by atoms with E-state index in [4.69, 9.17) is 9.47 Å². The Hall–Kier alpha value is -1.71. The van der Waals surface area contributed by atoms with Crippen molar-refractivity contribution in [3.63, 3.8) is 0 Å². The Labute approximate surface area is 125 Å². The van der Waals surface area contributed by atoms with E-state index >= 15 is 0 Å². The second-order valence-corrected chi connectivity index (χ2v) is 5.16. The highest BCUT2D eigenvalue weighted by molar-refractivity contribution is 5.46. The minimum Gasteiger partial charge on any atom is -0.473 e. The Morgan fingerprint density at radius 1 is 1.33 bits per heavy atom. The third-order valence-electron chi connectivity index (χ3n) is 3.56. The molecule has 114 valence electrons. The molecule has 0 radical (unpaired) electrons. The molecule has 21 heavy (non-hydrogen) atoms. The van der Waals surface area contributed by atoms with Crippen LogP contribution in [0.5, 0.6) is 5.88 Å². The van der Waals surface area contributed by atoms with Gasteiger partial charge in [-0.25, -0.2) is 0 Å². The van der Waals surface area contributed by atoms with Crippen LogP contribution in [0.15, 0.2) is 0 Å². The van der Waals surface area contributed by atoms with Gasteiger partial charge in [-0.2, -0.15) is 10.4 Å². The largest absolute Gasteiger partial charge is 0.473 e. The van der Waals surface area contributed by atoms with Crippen LogP contribution in [0.4, 0.5) is 0 Å². The number of nitriles is 1. The van der Waals surface area contributed by atoms with E-state index in [2.05, 4.69) is 21.6 Å². The van der Waals surface area contributed by atoms with Crippen LogP contribution < -0.4 is 10.1 Å². The average molecular weight is 290 g/mol. The van der Waals surface area contributed by atoms with Crippen LogP contribution in [0.2, 0.25) is 0 Å². The van der Waals surface area contributed by atoms with Crippen molar-refractivity contribution in [3.8, 4) is 11.9 Å². The zero-order valence-electron chi connectivity index (χ0n) is 12.8. The van der Waals surface area contributed by atoms with E-state index in [0.717, 1.165) is 37.2 Å². The van der Waals surface area contributed by atoms with Gasteiger partial charge >= 0.3 is 0 Å². The molecule has 0 amide bonds. The van der Waals surface area contributed by atoms with E-state index < -0.39 is 0 Å². The zero-order chi connectivity index (χ0) is 15.2. The predicted octanol–water partition coefficient (Wildman–Crippen LogP) is 1.23. The normalized spacial score (nSPS) is 21.8. The standard InChI is InChI=1S/C15H22N4O2/c1-4-12-13(6-16)15(19-18-14(12)5-2)20-9-11-8-17-7-10(3)21-11/h10-11,17H,4-5,7-9H2,1-3H3. The summed E-state index contributed by atoms with van der Waals surface area (Å²) in [6.07, 6.45) is 1.65. The molecule has 2 rings (SSSR count). The Bertz CT molecular complexity index is 527. The maximum atomic E-state index is 9.39. The third-order valence-corrected chi connectivity index (χ3v) is 3.56. The molecule has 6 nitrogen and oxygen atoms in total. The monoisotopic (exact) mass is 290 g/mol. The van der Waals surface area contributed by atoms with Gasteiger partial charge in [-0.1, -0.05) is 13.8 Å². The summed E-state index contributed by atoms with van der Waals surface area (Å²) < 4.78 is 11.5. The summed E-state index contributed by atoms with van der Waals surface area (Å²) in [5.74, 6) is 0.313. The first-order valence-corrected chi connectivity index (χ1v) is 7.47. The van der Waals surface area contributed by atoms with Gasteiger partial charge in [-0.05, 0) is 25.3 Å². The molecule has 0 saturated carbocycles. The van der Waals surface area contributed by atoms with Gasteiger partial charge in [0.1, 0.15) is 24.3 Å². The SMILES string of the molecule is CCc1nnc(OCC2CNCC(C)O2)c(C#N)c1CC. The van der Waals surface area contributed by atoms with Crippen molar-refractivity contribution in [3.05, 3.63) is 16.8 Å². The maximum absolute atomic E-state index is 9.39. The van der Waals surface area contributed by atoms with E-state index in [0.29, 0.717) is 18.1 Å². The Balaban J connectivity index is 2.11. The molecule has 2 atom stereocenters. The first-order valence-electron chi connectivity index (χ1n) is 7.47. The topological polar surface area (TPSA) is 80.1 Å². The van der Waals surface area contributed by atoms with E-state index in [-0.39, 0.29) is 12.2 Å². The number of nitrogens with one attached hydrogen (secondary N) is 1. The lowest BCUT2D eigenvalue weighted by Gasteiger charge is -2.28. The second kappa shape index (κ2) is 7.34. The molecule has 0 spiro atoms. The fourth-order valence-electron chi connectivity index (χ4n) is 2.51. The van der Waals surface area contributed by atoms with Crippen molar-refractivity contribution < 1.29 is 9.47 Å². The van der Waals surface area contributed by atoms with E-state index in [1.54, 1.807) is 0 Å². The average Bonchev–Trinajstić information content (AvgIpc) is 2.51. The highest BCUT2D eigenvalue weighted by Crippen LogP contribution is 2.22. The molecular formula is C15H22N4O2. The quantitative estimate of drug-likeness (QED) is 0.878. The Morgan fingerprint density at radius 2 is 2.14 bits per heavy atom. The molecule has 1 saturated heterocycles. The molecule has 1 N–H and O–H groups in total. The van der Waals surface area contributed by atoms with Crippen molar-refractivity contribution in [2.24, 2.45) is 0 Å². The summed E-state index contributed by atoms with van der Waals surface area (Å²) in [5, 5.41) is 20.9. The molecule has 1 aliphatic heterocycles. The summed E-state index contributed by atoms with van der Waals surface area (Å²) in [6, 6.07) is 2.20. The van der Waals surface area contributed by atoms with Crippen LogP contribution in [-0.4, -0.2) is 42.1 Å². The van der Waals surface area contributed by atoms with Crippen molar-refractivity contribution >= 4 is 0 Å². The molecule has 0 bridgehead atoms. The fraction of sp³-hybridized carbons (Fsp3) is 0.667. The smallest absolute Gasteiger partial charge is 0.251 e. The number of ether oxygens (including phenoxy) is 2. The zero-order valence-corrected chi connectivity index (χ0v) is 12.8. The summed E-state index contributed by atoms with van der Waals surface area (Å²) >= 11 is 0. The molecule has 1 aromatic rings. The van der Waals surface area contributed by atoms with E-state index in [1.807, 2.05) is 20.8 Å². The molecule has 1 aromatic heterocycles. The van der Waals surface area contributed by atoms with Crippen LogP contribution in [0.25, 0.3) is 0 Å². The number of nitrogens with zero attached hydrogens (tertiary/aromatic N) is 3. The Kier molecular flexibility index (Phi) is 5.48. The predicted molar refractivity (Wildman–Crippen MR) is 78.2 cm³/mol. The second-order valence-electron chi connectivity index (χ2n) is 5.16. The minimum atomic E-state index is -0.0296. The first-order chi connectivity index (χ1) is 10.2. The van der Waals surface area contributed by atoms with Crippen molar-refractivity contribution in [1.29, 1.82) is 5.26 Å². The van der Waals surface area contributed by atoms with Gasteiger partial charge in [0, 0.05) is 13.1 Å². The molecule has 6 heteroatoms. The summed E-state index contributed by atoms with van der Waals surface area (Å²) in [7, 11) is 0. The highest BCUT2D eigenvalue weighted by atomic mass is 16.5. The van der Waals surface area contributed by atoms with Gasteiger partial charge in [0.05, 0.1) is 11.8 Å². The molecule has 0 aromatic carbocycles. The Morgan fingerprint density at radius 3 is 2.76 bits per heavy atom. The van der Waals surface area contributed by atoms with Crippen LogP contribution >= 0.6 is 0 Å². The minimum absolute atomic E-state index is 0.0296. The number of aromatic nitrogens is 2. The first kappa shape index (κ1) is 15.7. The van der Waals surface area contributed by atoms with Gasteiger partial charge in [0.2, 0.25) is 0 Å². The van der Waals surface area contributed by atoms with Crippen molar-refractivity contribution in [1.82, 2.24) is 15.5 Å². The molecule has 2 heterocycles. The van der Waals surface area contributed by atoms with Crippen molar-refractivity contribution in [2.45, 2.75) is 45.8 Å². The van der Waals surface area contributed by atoms with Gasteiger partial charge in [-0.15, -0.1) is 5.10 Å². The number of rotatable bonds is 5. The lowest BCUT2D eigenvalue weighted by molar-refractivity contribution is -0.0478. The van der Waals surface area contributed by atoms with Gasteiger partial charge < -0.3 is 14.8 Å². The summed E-state index contributed by atoms with van der Waals surface area (Å²) in [5.41, 5.74) is 2.30. The maximum Gasteiger partial charge on any atom is 0.251 e.